The molecule has 66 valence electrons. The molecule has 0 heterocycles. The Morgan fingerprint density at radius 3 is 1.73 bits per heavy atom. The van der Waals surface area contributed by atoms with Gasteiger partial charge >= 0.3 is 73.6 Å². The Bertz CT molecular complexity index is 68.6. The van der Waals surface area contributed by atoms with Gasteiger partial charge < -0.3 is 1.43 Å². The first kappa shape index (κ1) is 11.4. The molecule has 0 aliphatic rings. The number of methoxy groups -OCH3 is 2. The van der Waals surface area contributed by atoms with E-state index >= 15 is 0 Å². The van der Waals surface area contributed by atoms with Crippen LogP contribution in [0.3, 0.4) is 0 Å². The summed E-state index contributed by atoms with van der Waals surface area (Å²) in [5.74, 6) is 0. The smallest absolute Gasteiger partial charge is 1.00 e. The number of hydrogen-bond acceptors (Lipinski definition) is 4. The number of rotatable bonds is 8. The molecule has 0 aliphatic heterocycles. The van der Waals surface area contributed by atoms with Crippen LogP contribution in [-0.2, 0) is 17.1 Å². The van der Waals surface area contributed by atoms with Crippen molar-refractivity contribution in [3.05, 3.63) is 0 Å². The molecule has 0 aromatic heterocycles. The molecule has 0 radical (unpaired) electrons. The van der Waals surface area contributed by atoms with Crippen molar-refractivity contribution in [1.82, 2.24) is 0 Å². The molecule has 0 unspecified atom stereocenters. The molecule has 0 atom stereocenters. The summed E-state index contributed by atoms with van der Waals surface area (Å²) < 4.78 is 19.8. The maximum atomic E-state index is 5.10. The second kappa shape index (κ2) is 10.4. The van der Waals surface area contributed by atoms with Crippen molar-refractivity contribution in [2.24, 2.45) is 0 Å². The first-order chi connectivity index (χ1) is 5.41. The maximum Gasteiger partial charge on any atom is -1.00 e. The average molecular weight is 178 g/mol. The van der Waals surface area contributed by atoms with Crippen LogP contribution in [0, 0.1) is 0 Å². The van der Waals surface area contributed by atoms with E-state index in [9.17, 15) is 0 Å². The SMILES string of the molecule is COCC[O][Al+][O]CCOC.[H-]. The van der Waals surface area contributed by atoms with Gasteiger partial charge in [-0.25, -0.2) is 0 Å². The summed E-state index contributed by atoms with van der Waals surface area (Å²) in [6.45, 7) is 2.47. The third-order valence-electron chi connectivity index (χ3n) is 0.947. The van der Waals surface area contributed by atoms with Gasteiger partial charge in [-0.15, -0.1) is 0 Å². The first-order valence-electron chi connectivity index (χ1n) is 3.44. The van der Waals surface area contributed by atoms with E-state index in [-0.39, 0.29) is 17.3 Å². The first-order valence-corrected chi connectivity index (χ1v) is 4.39. The normalized spacial score (nSPS) is 9.64. The van der Waals surface area contributed by atoms with Crippen molar-refractivity contribution in [2.45, 2.75) is 0 Å². The summed E-state index contributed by atoms with van der Waals surface area (Å²) in [4.78, 5) is 0. The van der Waals surface area contributed by atoms with E-state index in [1.54, 1.807) is 14.2 Å². The maximum absolute atomic E-state index is 5.10. The van der Waals surface area contributed by atoms with Crippen LogP contribution in [0.2, 0.25) is 0 Å². The van der Waals surface area contributed by atoms with E-state index in [0.717, 1.165) is 0 Å². The molecule has 5 heteroatoms. The van der Waals surface area contributed by atoms with Gasteiger partial charge in [0.15, 0.2) is 0 Å². The van der Waals surface area contributed by atoms with Crippen molar-refractivity contribution in [1.29, 1.82) is 0 Å². The van der Waals surface area contributed by atoms with E-state index < -0.39 is 0 Å². The van der Waals surface area contributed by atoms with Crippen LogP contribution >= 0.6 is 0 Å². The second-order valence-electron chi connectivity index (χ2n) is 1.82. The van der Waals surface area contributed by atoms with Gasteiger partial charge in [0, 0.05) is 0 Å². The van der Waals surface area contributed by atoms with Gasteiger partial charge in [-0.1, -0.05) is 0 Å². The van der Waals surface area contributed by atoms with Gasteiger partial charge in [0.05, 0.1) is 0 Å². The molecule has 0 aromatic carbocycles. The standard InChI is InChI=1S/2C3H7O2.Al.H/c2*1-5-3-2-4;;/h2*2-3H2,1H3;;/q2*-1;+3;-1. The third kappa shape index (κ3) is 10.4. The zero-order chi connectivity index (χ0) is 8.36. The monoisotopic (exact) mass is 178 g/mol. The summed E-state index contributed by atoms with van der Waals surface area (Å²) in [6.07, 6.45) is 0. The van der Waals surface area contributed by atoms with Crippen LogP contribution in [0.25, 0.3) is 0 Å². The molecule has 0 saturated heterocycles. The van der Waals surface area contributed by atoms with Crippen LogP contribution in [0.15, 0.2) is 0 Å². The van der Waals surface area contributed by atoms with Crippen molar-refractivity contribution < 1.29 is 18.5 Å². The minimum absolute atomic E-state index is 0. The summed E-state index contributed by atoms with van der Waals surface area (Å²) in [5, 5.41) is 0. The third-order valence-corrected chi connectivity index (χ3v) is 1.69. The van der Waals surface area contributed by atoms with Crippen LogP contribution in [0.5, 0.6) is 0 Å². The van der Waals surface area contributed by atoms with E-state index in [4.69, 9.17) is 17.1 Å². The Kier molecular flexibility index (Phi) is 10.7. The Morgan fingerprint density at radius 1 is 0.909 bits per heavy atom. The molecule has 0 rings (SSSR count). The van der Waals surface area contributed by atoms with Gasteiger partial charge in [-0.3, -0.25) is 0 Å². The van der Waals surface area contributed by atoms with E-state index in [1.807, 2.05) is 0 Å². The molecule has 0 bridgehead atoms. The van der Waals surface area contributed by atoms with Gasteiger partial charge in [0.1, 0.15) is 0 Å². The molecule has 4 nitrogen and oxygen atoms in total. The molecule has 0 fully saturated rings. The predicted molar refractivity (Wildman–Crippen MR) is 42.5 cm³/mol. The Balaban J connectivity index is 0. The minimum atomic E-state index is -0.349. The Labute approximate surface area is 75.6 Å². The second-order valence-corrected chi connectivity index (χ2v) is 2.68. The summed E-state index contributed by atoms with van der Waals surface area (Å²) in [7, 11) is 3.29. The number of hydrogen-bond donors (Lipinski definition) is 0. The molecule has 0 saturated carbocycles. The number of ether oxygens (including phenoxy) is 2. The van der Waals surface area contributed by atoms with Crippen LogP contribution < -0.4 is 0 Å². The van der Waals surface area contributed by atoms with E-state index in [0.29, 0.717) is 26.4 Å². The molecule has 0 N–H and O–H groups in total. The van der Waals surface area contributed by atoms with Gasteiger partial charge in [-0.2, -0.15) is 0 Å². The van der Waals surface area contributed by atoms with Crippen molar-refractivity contribution >= 4 is 15.9 Å². The fourth-order valence-corrected chi connectivity index (χ4v) is 0.888. The van der Waals surface area contributed by atoms with Crippen LogP contribution in [0.4, 0.5) is 0 Å². The average Bonchev–Trinajstić information content (AvgIpc) is 2.03. The summed E-state index contributed by atoms with van der Waals surface area (Å²) >= 11 is -0.349. The molecule has 11 heavy (non-hydrogen) atoms. The minimum Gasteiger partial charge on any atom is -1.00 e. The topological polar surface area (TPSA) is 36.9 Å². The molecule has 0 spiro atoms. The van der Waals surface area contributed by atoms with Crippen molar-refractivity contribution in [3.63, 3.8) is 0 Å². The van der Waals surface area contributed by atoms with E-state index in [1.165, 1.54) is 0 Å². The predicted octanol–water partition coefficient (Wildman–Crippen LogP) is -0.0409. The summed E-state index contributed by atoms with van der Waals surface area (Å²) in [5.41, 5.74) is 0. The zero-order valence-corrected chi connectivity index (χ0v) is 8.19. The Morgan fingerprint density at radius 2 is 1.36 bits per heavy atom. The fraction of sp³-hybridized carbons (Fsp3) is 1.00. The molecule has 0 amide bonds. The van der Waals surface area contributed by atoms with Crippen LogP contribution in [-0.4, -0.2) is 56.5 Å². The zero-order valence-electron chi connectivity index (χ0n) is 8.04. The van der Waals surface area contributed by atoms with Crippen molar-refractivity contribution in [2.75, 3.05) is 40.6 Å². The van der Waals surface area contributed by atoms with Gasteiger partial charge in [-0.05, 0) is 0 Å². The fourth-order valence-electron chi connectivity index (χ4n) is 0.407. The Hall–Kier alpha value is 0.372. The molecule has 0 aromatic rings. The molecule has 0 aliphatic carbocycles. The quantitative estimate of drug-likeness (QED) is 0.386. The summed E-state index contributed by atoms with van der Waals surface area (Å²) in [6, 6.07) is 0. The molecular weight excluding hydrogens is 163 g/mol. The van der Waals surface area contributed by atoms with E-state index in [2.05, 4.69) is 0 Å². The van der Waals surface area contributed by atoms with Crippen LogP contribution in [0.1, 0.15) is 1.43 Å². The van der Waals surface area contributed by atoms with Gasteiger partial charge in [0.2, 0.25) is 0 Å². The van der Waals surface area contributed by atoms with Crippen molar-refractivity contribution in [3.8, 4) is 0 Å². The van der Waals surface area contributed by atoms with Gasteiger partial charge in [0.25, 0.3) is 0 Å². The largest absolute Gasteiger partial charge is 1.00 e. The molecular formula is C6H15AlO4.